The summed E-state index contributed by atoms with van der Waals surface area (Å²) in [6, 6.07) is 7.96. The van der Waals surface area contributed by atoms with Crippen molar-refractivity contribution in [1.29, 1.82) is 0 Å². The van der Waals surface area contributed by atoms with Crippen molar-refractivity contribution in [2.75, 3.05) is 13.2 Å². The van der Waals surface area contributed by atoms with Gasteiger partial charge in [-0.2, -0.15) is 0 Å². The molecule has 1 aromatic rings. The fourth-order valence-corrected chi connectivity index (χ4v) is 8.37. The Hall–Kier alpha value is -1.53. The molecule has 0 bridgehead atoms. The normalized spacial score (nSPS) is 41.7. The maximum absolute atomic E-state index is 12.2. The van der Waals surface area contributed by atoms with Crippen LogP contribution in [0.25, 0.3) is 0 Å². The Morgan fingerprint density at radius 3 is 2.57 bits per heavy atom. The van der Waals surface area contributed by atoms with Crippen molar-refractivity contribution in [2.24, 2.45) is 22.7 Å². The fourth-order valence-electron chi connectivity index (χ4n) is 8.37. The lowest BCUT2D eigenvalue weighted by molar-refractivity contribution is -0.322. The van der Waals surface area contributed by atoms with Crippen molar-refractivity contribution in [3.63, 3.8) is 0 Å². The zero-order chi connectivity index (χ0) is 24.6. The average Bonchev–Trinajstić information content (AvgIpc) is 3.14. The van der Waals surface area contributed by atoms with E-state index in [0.29, 0.717) is 37.0 Å². The Balaban J connectivity index is 1.43. The van der Waals surface area contributed by atoms with E-state index in [1.165, 1.54) is 11.1 Å². The second kappa shape index (κ2) is 7.98. The van der Waals surface area contributed by atoms with Crippen LogP contribution in [0.2, 0.25) is 0 Å². The molecule has 5 nitrogen and oxygen atoms in total. The molecule has 5 heteroatoms. The molecule has 1 aliphatic heterocycles. The molecule has 35 heavy (non-hydrogen) atoms. The smallest absolute Gasteiger partial charge is 0.171 e. The summed E-state index contributed by atoms with van der Waals surface area (Å²) in [6.07, 6.45) is 7.06. The standard InChI is InChI=1S/C30H40O5/c1-27(2)17-34-30(35-18-27)12-10-24-26-21(9-11-29(24,33)16-30)23-7-8-25(32)28(23,3)14-22(26)20-6-4-5-19(13-20)15-31/h4-6,13,15,21-23,25,32-33H,7-12,14,16-18H2,1-3H3/t21?,22-,23?,25+,28+,29?/m1/s1. The highest BCUT2D eigenvalue weighted by Gasteiger charge is 2.60. The first-order chi connectivity index (χ1) is 16.6. The van der Waals surface area contributed by atoms with Gasteiger partial charge in [0, 0.05) is 29.7 Å². The van der Waals surface area contributed by atoms with Crippen LogP contribution in [-0.2, 0) is 9.47 Å². The van der Waals surface area contributed by atoms with Crippen LogP contribution in [0.1, 0.15) is 94.0 Å². The van der Waals surface area contributed by atoms with Gasteiger partial charge >= 0.3 is 0 Å². The number of benzene rings is 1. The highest BCUT2D eigenvalue weighted by Crippen LogP contribution is 2.65. The van der Waals surface area contributed by atoms with Crippen molar-refractivity contribution in [2.45, 2.75) is 95.5 Å². The Labute approximate surface area is 208 Å². The second-order valence-electron chi connectivity index (χ2n) is 13.2. The van der Waals surface area contributed by atoms with E-state index in [2.05, 4.69) is 26.8 Å². The number of allylic oxidation sites excluding steroid dienone is 1. The zero-order valence-electron chi connectivity index (χ0n) is 21.4. The van der Waals surface area contributed by atoms with E-state index >= 15 is 0 Å². The predicted molar refractivity (Wildman–Crippen MR) is 133 cm³/mol. The van der Waals surface area contributed by atoms with Crippen molar-refractivity contribution < 1.29 is 24.5 Å². The average molecular weight is 481 g/mol. The summed E-state index contributed by atoms with van der Waals surface area (Å²) in [5.74, 6) is 0.221. The van der Waals surface area contributed by atoms with Gasteiger partial charge in [-0.3, -0.25) is 4.79 Å². The SMILES string of the molecule is CC1(C)COC2(CCC3=C4C(CCC3(O)C2)C2CC[C@H](O)[C@@]2(C)C[C@@H]4c2cccc(C=O)c2)OC1. The first kappa shape index (κ1) is 23.8. The minimum Gasteiger partial charge on any atom is -0.393 e. The first-order valence-electron chi connectivity index (χ1n) is 13.6. The van der Waals surface area contributed by atoms with Gasteiger partial charge in [-0.05, 0) is 73.0 Å². The maximum Gasteiger partial charge on any atom is 0.171 e. The van der Waals surface area contributed by atoms with Crippen molar-refractivity contribution in [3.8, 4) is 0 Å². The molecule has 6 rings (SSSR count). The summed E-state index contributed by atoms with van der Waals surface area (Å²) < 4.78 is 12.7. The van der Waals surface area contributed by atoms with Crippen molar-refractivity contribution >= 4 is 6.29 Å². The Bertz CT molecular complexity index is 1050. The van der Waals surface area contributed by atoms with Gasteiger partial charge in [0.1, 0.15) is 6.29 Å². The number of fused-ring (bicyclic) bond motifs is 4. The van der Waals surface area contributed by atoms with Crippen LogP contribution >= 0.6 is 0 Å². The Morgan fingerprint density at radius 2 is 1.83 bits per heavy atom. The van der Waals surface area contributed by atoms with Gasteiger partial charge in [0.05, 0.1) is 24.9 Å². The minimum atomic E-state index is -0.920. The van der Waals surface area contributed by atoms with E-state index in [9.17, 15) is 15.0 Å². The maximum atomic E-state index is 12.2. The van der Waals surface area contributed by atoms with Crippen LogP contribution in [0.3, 0.4) is 0 Å². The van der Waals surface area contributed by atoms with Crippen LogP contribution in [0.15, 0.2) is 35.4 Å². The number of ether oxygens (including phenoxy) is 2. The molecule has 1 spiro atoms. The van der Waals surface area contributed by atoms with Crippen LogP contribution in [-0.4, -0.2) is 47.2 Å². The van der Waals surface area contributed by atoms with Crippen LogP contribution < -0.4 is 0 Å². The summed E-state index contributed by atoms with van der Waals surface area (Å²) in [7, 11) is 0. The highest BCUT2D eigenvalue weighted by molar-refractivity contribution is 5.75. The van der Waals surface area contributed by atoms with Gasteiger partial charge in [-0.1, -0.05) is 44.5 Å². The number of carbonyl (C=O) groups excluding carboxylic acids is 1. The summed E-state index contributed by atoms with van der Waals surface area (Å²) in [5.41, 5.74) is 3.35. The van der Waals surface area contributed by atoms with E-state index in [4.69, 9.17) is 9.47 Å². The molecule has 3 unspecified atom stereocenters. The van der Waals surface area contributed by atoms with Crippen LogP contribution in [0.5, 0.6) is 0 Å². The predicted octanol–water partition coefficient (Wildman–Crippen LogP) is 5.15. The topological polar surface area (TPSA) is 76.0 Å². The molecule has 3 saturated carbocycles. The minimum absolute atomic E-state index is 0.00387. The summed E-state index contributed by atoms with van der Waals surface area (Å²) in [5, 5.41) is 23.3. The van der Waals surface area contributed by atoms with Crippen LogP contribution in [0.4, 0.5) is 0 Å². The van der Waals surface area contributed by atoms with Crippen molar-refractivity contribution in [1.82, 2.24) is 0 Å². The van der Waals surface area contributed by atoms with E-state index in [-0.39, 0.29) is 22.9 Å². The number of aldehydes is 1. The number of hydrogen-bond donors (Lipinski definition) is 2. The zero-order valence-corrected chi connectivity index (χ0v) is 21.4. The third-order valence-corrected chi connectivity index (χ3v) is 10.3. The number of carbonyl (C=O) groups is 1. The molecule has 4 fully saturated rings. The molecule has 6 atom stereocenters. The lowest BCUT2D eigenvalue weighted by atomic mass is 9.51. The van der Waals surface area contributed by atoms with Gasteiger partial charge in [-0.25, -0.2) is 0 Å². The first-order valence-corrected chi connectivity index (χ1v) is 13.6. The molecule has 4 aliphatic carbocycles. The summed E-state index contributed by atoms with van der Waals surface area (Å²) in [4.78, 5) is 11.6. The molecule has 190 valence electrons. The van der Waals surface area contributed by atoms with Gasteiger partial charge in [0.2, 0.25) is 0 Å². The Kier molecular flexibility index (Phi) is 5.44. The van der Waals surface area contributed by atoms with Gasteiger partial charge < -0.3 is 19.7 Å². The lowest BCUT2D eigenvalue weighted by Crippen LogP contribution is -2.57. The molecule has 1 heterocycles. The van der Waals surface area contributed by atoms with Crippen molar-refractivity contribution in [3.05, 3.63) is 46.5 Å². The summed E-state index contributed by atoms with van der Waals surface area (Å²) in [6.45, 7) is 7.88. The fraction of sp³-hybridized carbons (Fsp3) is 0.700. The molecule has 1 saturated heterocycles. The monoisotopic (exact) mass is 480 g/mol. The molecule has 5 aliphatic rings. The molecule has 2 N–H and O–H groups in total. The van der Waals surface area contributed by atoms with E-state index in [1.807, 2.05) is 18.2 Å². The third kappa shape index (κ3) is 3.68. The molecule has 0 radical (unpaired) electrons. The molecule has 1 aromatic carbocycles. The largest absolute Gasteiger partial charge is 0.393 e. The molecule has 0 aromatic heterocycles. The van der Waals surface area contributed by atoms with Crippen LogP contribution in [0, 0.1) is 22.7 Å². The number of aliphatic hydroxyl groups is 2. The van der Waals surface area contributed by atoms with Gasteiger partial charge in [-0.15, -0.1) is 0 Å². The molecular formula is C30H40O5. The number of rotatable bonds is 2. The van der Waals surface area contributed by atoms with E-state index in [1.54, 1.807) is 0 Å². The second-order valence-corrected chi connectivity index (χ2v) is 13.2. The number of aliphatic hydroxyl groups excluding tert-OH is 1. The Morgan fingerprint density at radius 1 is 1.06 bits per heavy atom. The lowest BCUT2D eigenvalue weighted by Gasteiger charge is -2.57. The summed E-state index contributed by atoms with van der Waals surface area (Å²) >= 11 is 0. The highest BCUT2D eigenvalue weighted by atomic mass is 16.7. The van der Waals surface area contributed by atoms with E-state index in [0.717, 1.165) is 56.8 Å². The third-order valence-electron chi connectivity index (χ3n) is 10.3. The molecule has 0 amide bonds. The quantitative estimate of drug-likeness (QED) is 0.452. The molecular weight excluding hydrogens is 440 g/mol. The number of hydrogen-bond acceptors (Lipinski definition) is 5. The van der Waals surface area contributed by atoms with E-state index < -0.39 is 11.4 Å². The van der Waals surface area contributed by atoms with Gasteiger partial charge in [0.15, 0.2) is 5.79 Å². The van der Waals surface area contributed by atoms with Gasteiger partial charge in [0.25, 0.3) is 0 Å².